The first-order chi connectivity index (χ1) is 16.0. The molecular formula is C24H15N3O5S. The van der Waals surface area contributed by atoms with Gasteiger partial charge in [0.05, 0.1) is 27.0 Å². The number of carbonyl (C=O) groups excluding carboxylic acids is 2. The summed E-state index contributed by atoms with van der Waals surface area (Å²) in [4.78, 5) is 47.6. The number of fused-ring (bicyclic) bond motifs is 1. The largest absolute Gasteiger partial charge is 0.507 e. The van der Waals surface area contributed by atoms with Gasteiger partial charge < -0.3 is 10.2 Å². The quantitative estimate of drug-likeness (QED) is 0.270. The second-order valence-electron chi connectivity index (χ2n) is 7.27. The first kappa shape index (κ1) is 20.5. The third-order valence-electron chi connectivity index (χ3n) is 5.29. The van der Waals surface area contributed by atoms with E-state index in [1.54, 1.807) is 54.6 Å². The van der Waals surface area contributed by atoms with Crippen LogP contribution in [0.15, 0.2) is 78.5 Å². The number of amides is 1. The van der Waals surface area contributed by atoms with E-state index in [1.165, 1.54) is 23.2 Å². The van der Waals surface area contributed by atoms with E-state index in [2.05, 4.69) is 9.97 Å². The SMILES string of the molecule is O=C1C(=O)N(c2nc3ccc(C(=O)O)cc3s2)C(c2ccccn2)/C1=C(\O)c1ccccc1. The summed E-state index contributed by atoms with van der Waals surface area (Å²) in [6.45, 7) is 0. The zero-order valence-electron chi connectivity index (χ0n) is 16.9. The van der Waals surface area contributed by atoms with Crippen molar-refractivity contribution < 1.29 is 24.6 Å². The van der Waals surface area contributed by atoms with Gasteiger partial charge in [-0.3, -0.25) is 19.5 Å². The minimum Gasteiger partial charge on any atom is -0.507 e. The molecule has 3 heterocycles. The number of anilines is 1. The standard InChI is InChI=1S/C24H15N3O5S/c28-20(13-6-2-1-3-7-13)18-19(16-8-4-5-11-25-16)27(22(30)21(18)29)24-26-15-10-9-14(23(31)32)12-17(15)33-24/h1-12,19,28H,(H,31,32)/b20-18+. The topological polar surface area (TPSA) is 121 Å². The number of hydrogen-bond acceptors (Lipinski definition) is 7. The molecule has 4 aromatic rings. The molecule has 0 spiro atoms. The van der Waals surface area contributed by atoms with Crippen molar-refractivity contribution in [1.82, 2.24) is 9.97 Å². The molecule has 2 N–H and O–H groups in total. The summed E-state index contributed by atoms with van der Waals surface area (Å²) in [6.07, 6.45) is 1.54. The van der Waals surface area contributed by atoms with E-state index < -0.39 is 23.7 Å². The number of carboxylic acid groups (broad SMARTS) is 1. The van der Waals surface area contributed by atoms with Gasteiger partial charge in [-0.1, -0.05) is 47.7 Å². The number of aliphatic hydroxyl groups excluding tert-OH is 1. The maximum atomic E-state index is 13.2. The first-order valence-electron chi connectivity index (χ1n) is 9.87. The van der Waals surface area contributed by atoms with E-state index >= 15 is 0 Å². The second-order valence-corrected chi connectivity index (χ2v) is 8.28. The number of thiazole rings is 1. The van der Waals surface area contributed by atoms with E-state index in [9.17, 15) is 24.6 Å². The van der Waals surface area contributed by atoms with Gasteiger partial charge in [-0.15, -0.1) is 0 Å². The molecule has 1 aliphatic heterocycles. The van der Waals surface area contributed by atoms with Gasteiger partial charge in [-0.25, -0.2) is 9.78 Å². The average Bonchev–Trinajstić information content (AvgIpc) is 3.37. The molecule has 1 aliphatic rings. The van der Waals surface area contributed by atoms with Crippen molar-refractivity contribution in [2.45, 2.75) is 6.04 Å². The number of ketones is 1. The number of rotatable bonds is 4. The molecule has 9 heteroatoms. The highest BCUT2D eigenvalue weighted by Gasteiger charge is 2.48. The number of nitrogens with zero attached hydrogens (tertiary/aromatic N) is 3. The Hall–Kier alpha value is -4.37. The predicted molar refractivity (Wildman–Crippen MR) is 122 cm³/mol. The Balaban J connectivity index is 1.71. The third-order valence-corrected chi connectivity index (χ3v) is 6.31. The zero-order valence-corrected chi connectivity index (χ0v) is 17.7. The Morgan fingerprint density at radius 2 is 1.70 bits per heavy atom. The number of Topliss-reactive ketones (excluding diaryl/α,β-unsaturated/α-hetero) is 1. The summed E-state index contributed by atoms with van der Waals surface area (Å²) in [5.74, 6) is -3.08. The number of carbonyl (C=O) groups is 3. The minimum absolute atomic E-state index is 0.0876. The van der Waals surface area contributed by atoms with Crippen LogP contribution in [-0.2, 0) is 9.59 Å². The van der Waals surface area contributed by atoms with Crippen LogP contribution in [0.5, 0.6) is 0 Å². The molecule has 1 atom stereocenters. The van der Waals surface area contributed by atoms with Crippen molar-refractivity contribution >= 4 is 50.1 Å². The molecule has 0 radical (unpaired) electrons. The van der Waals surface area contributed by atoms with Crippen LogP contribution in [0.25, 0.3) is 16.0 Å². The van der Waals surface area contributed by atoms with Crippen LogP contribution in [0.2, 0.25) is 0 Å². The fraction of sp³-hybridized carbons (Fsp3) is 0.0417. The molecule has 1 saturated heterocycles. The lowest BCUT2D eigenvalue weighted by molar-refractivity contribution is -0.132. The molecular weight excluding hydrogens is 442 g/mol. The van der Waals surface area contributed by atoms with Crippen LogP contribution in [0, 0.1) is 0 Å². The molecule has 5 rings (SSSR count). The fourth-order valence-electron chi connectivity index (χ4n) is 3.75. The molecule has 8 nitrogen and oxygen atoms in total. The van der Waals surface area contributed by atoms with Crippen molar-refractivity contribution in [3.8, 4) is 0 Å². The number of aromatic nitrogens is 2. The predicted octanol–water partition coefficient (Wildman–Crippen LogP) is 4.02. The van der Waals surface area contributed by atoms with Crippen LogP contribution in [0.4, 0.5) is 5.13 Å². The van der Waals surface area contributed by atoms with Crippen molar-refractivity contribution in [3.05, 3.63) is 95.3 Å². The van der Waals surface area contributed by atoms with Crippen molar-refractivity contribution in [2.75, 3.05) is 4.90 Å². The maximum absolute atomic E-state index is 13.2. The molecule has 33 heavy (non-hydrogen) atoms. The fourth-order valence-corrected chi connectivity index (χ4v) is 4.78. The molecule has 0 saturated carbocycles. The maximum Gasteiger partial charge on any atom is 0.335 e. The molecule has 162 valence electrons. The average molecular weight is 457 g/mol. The Bertz CT molecular complexity index is 1450. The monoisotopic (exact) mass is 457 g/mol. The van der Waals surface area contributed by atoms with Gasteiger partial charge in [0.1, 0.15) is 11.8 Å². The van der Waals surface area contributed by atoms with Gasteiger partial charge in [0.2, 0.25) is 0 Å². The zero-order chi connectivity index (χ0) is 23.1. The number of aliphatic hydroxyl groups is 1. The highest BCUT2D eigenvalue weighted by atomic mass is 32.1. The number of aromatic carboxylic acids is 1. The lowest BCUT2D eigenvalue weighted by Gasteiger charge is -2.21. The van der Waals surface area contributed by atoms with Crippen molar-refractivity contribution in [1.29, 1.82) is 0 Å². The Kier molecular flexibility index (Phi) is 4.95. The molecule has 1 fully saturated rings. The number of hydrogen-bond donors (Lipinski definition) is 2. The molecule has 1 amide bonds. The van der Waals surface area contributed by atoms with Gasteiger partial charge in [0.25, 0.3) is 5.78 Å². The van der Waals surface area contributed by atoms with Crippen molar-refractivity contribution in [3.63, 3.8) is 0 Å². The normalized spacial score (nSPS) is 17.6. The van der Waals surface area contributed by atoms with E-state index in [1.807, 2.05) is 0 Å². The van der Waals surface area contributed by atoms with Gasteiger partial charge >= 0.3 is 11.9 Å². The number of pyridine rings is 1. The summed E-state index contributed by atoms with van der Waals surface area (Å²) in [5, 5.41) is 20.5. The van der Waals surface area contributed by atoms with Crippen LogP contribution in [0.3, 0.4) is 0 Å². The van der Waals surface area contributed by atoms with Crippen LogP contribution >= 0.6 is 11.3 Å². The Labute approximate surface area is 191 Å². The smallest absolute Gasteiger partial charge is 0.335 e. The Morgan fingerprint density at radius 3 is 2.39 bits per heavy atom. The third kappa shape index (κ3) is 3.44. The van der Waals surface area contributed by atoms with Gasteiger partial charge in [-0.05, 0) is 30.3 Å². The minimum atomic E-state index is -1.08. The lowest BCUT2D eigenvalue weighted by Crippen LogP contribution is -2.29. The summed E-state index contributed by atoms with van der Waals surface area (Å²) in [7, 11) is 0. The van der Waals surface area contributed by atoms with E-state index in [0.29, 0.717) is 21.5 Å². The van der Waals surface area contributed by atoms with Crippen LogP contribution < -0.4 is 4.90 Å². The molecule has 1 unspecified atom stereocenters. The highest BCUT2D eigenvalue weighted by Crippen LogP contribution is 2.43. The second kappa shape index (κ2) is 7.95. The summed E-state index contributed by atoms with van der Waals surface area (Å²) in [5.41, 5.74) is 1.27. The van der Waals surface area contributed by atoms with Crippen LogP contribution in [-0.4, -0.2) is 37.8 Å². The number of benzene rings is 2. The van der Waals surface area contributed by atoms with Gasteiger partial charge in [0.15, 0.2) is 5.13 Å². The first-order valence-corrected chi connectivity index (χ1v) is 10.7. The van der Waals surface area contributed by atoms with E-state index in [-0.39, 0.29) is 22.0 Å². The summed E-state index contributed by atoms with van der Waals surface area (Å²) < 4.78 is 0.551. The van der Waals surface area contributed by atoms with E-state index in [0.717, 1.165) is 11.3 Å². The molecule has 2 aromatic carbocycles. The molecule has 0 bridgehead atoms. The summed E-state index contributed by atoms with van der Waals surface area (Å²) >= 11 is 1.09. The van der Waals surface area contributed by atoms with Crippen molar-refractivity contribution in [2.24, 2.45) is 0 Å². The lowest BCUT2D eigenvalue weighted by atomic mass is 9.98. The van der Waals surface area contributed by atoms with E-state index in [4.69, 9.17) is 0 Å². The van der Waals surface area contributed by atoms with Crippen LogP contribution in [0.1, 0.15) is 27.7 Å². The highest BCUT2D eigenvalue weighted by molar-refractivity contribution is 7.22. The van der Waals surface area contributed by atoms with Gasteiger partial charge in [-0.2, -0.15) is 0 Å². The Morgan fingerprint density at radius 1 is 0.939 bits per heavy atom. The van der Waals surface area contributed by atoms with Gasteiger partial charge in [0, 0.05) is 11.8 Å². The molecule has 0 aliphatic carbocycles. The molecule has 2 aromatic heterocycles. The number of carboxylic acids is 1. The summed E-state index contributed by atoms with van der Waals surface area (Å²) in [6, 6.07) is 17.0.